The van der Waals surface area contributed by atoms with Crippen LogP contribution in [0.3, 0.4) is 0 Å². The normalized spacial score (nSPS) is 14.8. The second-order valence-electron chi connectivity index (χ2n) is 5.94. The van der Waals surface area contributed by atoms with E-state index in [2.05, 4.69) is 51.8 Å². The molecule has 0 radical (unpaired) electrons. The van der Waals surface area contributed by atoms with E-state index in [1.54, 1.807) is 11.3 Å². The van der Waals surface area contributed by atoms with E-state index in [9.17, 15) is 0 Å². The summed E-state index contributed by atoms with van der Waals surface area (Å²) in [5.74, 6) is 1.29. The predicted molar refractivity (Wildman–Crippen MR) is 84.4 cm³/mol. The number of thiophene rings is 1. The van der Waals surface area contributed by atoms with Gasteiger partial charge in [0.05, 0.1) is 13.1 Å². The average Bonchev–Trinajstić information content (AvgIpc) is 2.97. The summed E-state index contributed by atoms with van der Waals surface area (Å²) in [7, 11) is 0. The van der Waals surface area contributed by atoms with Crippen molar-refractivity contribution in [3.63, 3.8) is 0 Å². The highest BCUT2D eigenvalue weighted by molar-refractivity contribution is 7.09. The molecule has 0 atom stereocenters. The van der Waals surface area contributed by atoms with Crippen LogP contribution in [0.25, 0.3) is 0 Å². The Morgan fingerprint density at radius 1 is 1.43 bits per heavy atom. The minimum atomic E-state index is 0.559. The maximum atomic E-state index is 5.82. The van der Waals surface area contributed by atoms with Gasteiger partial charge in [-0.25, -0.2) is 0 Å². The van der Waals surface area contributed by atoms with Gasteiger partial charge in [-0.2, -0.15) is 0 Å². The van der Waals surface area contributed by atoms with Crippen molar-refractivity contribution in [2.75, 3.05) is 11.4 Å². The molecule has 2 aromatic rings. The van der Waals surface area contributed by atoms with Crippen molar-refractivity contribution in [3.8, 4) is 0 Å². The number of nitrogens with one attached hydrogen (secondary N) is 1. The fourth-order valence-electron chi connectivity index (χ4n) is 2.21. The summed E-state index contributed by atoms with van der Waals surface area (Å²) < 4.78 is 5.82. The average molecular weight is 306 g/mol. The molecular formula is C15H22N4OS. The number of anilines is 1. The largest absolute Gasteiger partial charge is 0.407 e. The molecule has 1 aliphatic carbocycles. The minimum Gasteiger partial charge on any atom is -0.407 e. The molecule has 0 bridgehead atoms. The molecule has 1 fully saturated rings. The Hall–Kier alpha value is -1.40. The van der Waals surface area contributed by atoms with Crippen LogP contribution in [0.1, 0.15) is 37.5 Å². The van der Waals surface area contributed by atoms with Gasteiger partial charge in [0.1, 0.15) is 0 Å². The summed E-state index contributed by atoms with van der Waals surface area (Å²) in [4.78, 5) is 3.57. The van der Waals surface area contributed by atoms with E-state index in [0.29, 0.717) is 30.4 Å². The zero-order chi connectivity index (χ0) is 14.7. The number of aromatic nitrogens is 2. The zero-order valence-electron chi connectivity index (χ0n) is 12.6. The van der Waals surface area contributed by atoms with Crippen molar-refractivity contribution in [3.05, 3.63) is 28.3 Å². The number of nitrogens with zero attached hydrogens (tertiary/aromatic N) is 3. The van der Waals surface area contributed by atoms with Crippen LogP contribution in [0.4, 0.5) is 6.01 Å². The van der Waals surface area contributed by atoms with Gasteiger partial charge in [-0.15, -0.1) is 16.4 Å². The summed E-state index contributed by atoms with van der Waals surface area (Å²) in [6.07, 6.45) is 2.43. The van der Waals surface area contributed by atoms with Crippen LogP contribution >= 0.6 is 11.3 Å². The molecule has 114 valence electrons. The quantitative estimate of drug-likeness (QED) is 0.812. The van der Waals surface area contributed by atoms with E-state index in [1.165, 1.54) is 17.7 Å². The zero-order valence-corrected chi connectivity index (χ0v) is 13.4. The third-order valence-electron chi connectivity index (χ3n) is 3.42. The molecule has 21 heavy (non-hydrogen) atoms. The molecule has 1 saturated carbocycles. The Bertz CT molecular complexity index is 548. The first-order chi connectivity index (χ1) is 10.2. The highest BCUT2D eigenvalue weighted by atomic mass is 32.1. The van der Waals surface area contributed by atoms with E-state index in [0.717, 1.165) is 13.1 Å². The Kier molecular flexibility index (Phi) is 4.55. The van der Waals surface area contributed by atoms with Crippen LogP contribution in [0.5, 0.6) is 0 Å². The van der Waals surface area contributed by atoms with Crippen molar-refractivity contribution in [2.24, 2.45) is 5.92 Å². The second-order valence-corrected chi connectivity index (χ2v) is 6.97. The van der Waals surface area contributed by atoms with Gasteiger partial charge in [-0.1, -0.05) is 25.0 Å². The minimum absolute atomic E-state index is 0.559. The maximum absolute atomic E-state index is 5.82. The molecule has 0 unspecified atom stereocenters. The standard InChI is InChI=1S/C15H22N4OS/c1-11(2)8-16-9-14-17-18-15(20-14)19(12-5-6-12)10-13-4-3-7-21-13/h3-4,7,11-12,16H,5-6,8-10H2,1-2H3. The van der Waals surface area contributed by atoms with E-state index in [1.807, 2.05) is 0 Å². The number of hydrogen-bond acceptors (Lipinski definition) is 6. The Labute approximate surface area is 129 Å². The first-order valence-electron chi connectivity index (χ1n) is 7.54. The van der Waals surface area contributed by atoms with Gasteiger partial charge in [0.25, 0.3) is 0 Å². The van der Waals surface area contributed by atoms with Gasteiger partial charge >= 0.3 is 6.01 Å². The van der Waals surface area contributed by atoms with Crippen molar-refractivity contribution in [2.45, 2.75) is 45.8 Å². The molecule has 1 aliphatic rings. The van der Waals surface area contributed by atoms with Crippen LogP contribution in [0, 0.1) is 5.92 Å². The highest BCUT2D eigenvalue weighted by Crippen LogP contribution is 2.32. The van der Waals surface area contributed by atoms with Gasteiger partial charge in [-0.3, -0.25) is 0 Å². The van der Waals surface area contributed by atoms with E-state index >= 15 is 0 Å². The van der Waals surface area contributed by atoms with E-state index in [-0.39, 0.29) is 0 Å². The van der Waals surface area contributed by atoms with Gasteiger partial charge in [0.15, 0.2) is 0 Å². The third kappa shape index (κ3) is 4.04. The molecule has 5 nitrogen and oxygen atoms in total. The summed E-state index contributed by atoms with van der Waals surface area (Å²) in [5, 5.41) is 13.8. The Balaban J connectivity index is 1.62. The monoisotopic (exact) mass is 306 g/mol. The SMILES string of the molecule is CC(C)CNCc1nnc(N(Cc2cccs2)C2CC2)o1. The molecule has 0 spiro atoms. The van der Waals surface area contributed by atoms with Crippen LogP contribution in [-0.4, -0.2) is 22.8 Å². The second kappa shape index (κ2) is 6.58. The summed E-state index contributed by atoms with van der Waals surface area (Å²) in [6, 6.07) is 5.46. The lowest BCUT2D eigenvalue weighted by Crippen LogP contribution is -2.24. The van der Waals surface area contributed by atoms with Crippen molar-refractivity contribution in [1.82, 2.24) is 15.5 Å². The van der Waals surface area contributed by atoms with E-state index in [4.69, 9.17) is 4.42 Å². The maximum Gasteiger partial charge on any atom is 0.318 e. The lowest BCUT2D eigenvalue weighted by atomic mass is 10.2. The molecule has 1 N–H and O–H groups in total. The van der Waals surface area contributed by atoms with Gasteiger partial charge in [0, 0.05) is 10.9 Å². The molecule has 0 saturated heterocycles. The molecular weight excluding hydrogens is 284 g/mol. The van der Waals surface area contributed by atoms with Crippen molar-refractivity contribution in [1.29, 1.82) is 0 Å². The van der Waals surface area contributed by atoms with Crippen molar-refractivity contribution < 1.29 is 4.42 Å². The lowest BCUT2D eigenvalue weighted by Gasteiger charge is -2.18. The van der Waals surface area contributed by atoms with E-state index < -0.39 is 0 Å². The number of hydrogen-bond donors (Lipinski definition) is 1. The van der Waals surface area contributed by atoms with Crippen LogP contribution in [-0.2, 0) is 13.1 Å². The van der Waals surface area contributed by atoms with Gasteiger partial charge < -0.3 is 14.6 Å². The predicted octanol–water partition coefficient (Wildman–Crippen LogP) is 3.05. The topological polar surface area (TPSA) is 54.2 Å². The third-order valence-corrected chi connectivity index (χ3v) is 4.29. The fourth-order valence-corrected chi connectivity index (χ4v) is 2.91. The van der Waals surface area contributed by atoms with Crippen LogP contribution in [0.2, 0.25) is 0 Å². The lowest BCUT2D eigenvalue weighted by molar-refractivity contribution is 0.445. The Morgan fingerprint density at radius 2 is 2.29 bits per heavy atom. The summed E-state index contributed by atoms with van der Waals surface area (Å²) >= 11 is 1.77. The van der Waals surface area contributed by atoms with Crippen LogP contribution in [0.15, 0.2) is 21.9 Å². The fraction of sp³-hybridized carbons (Fsp3) is 0.600. The van der Waals surface area contributed by atoms with Gasteiger partial charge in [-0.05, 0) is 36.8 Å². The first kappa shape index (κ1) is 14.5. The number of rotatable bonds is 8. The molecule has 3 rings (SSSR count). The highest BCUT2D eigenvalue weighted by Gasteiger charge is 2.32. The smallest absolute Gasteiger partial charge is 0.318 e. The summed E-state index contributed by atoms with van der Waals surface area (Å²) in [6.45, 7) is 6.83. The van der Waals surface area contributed by atoms with Crippen molar-refractivity contribution >= 4 is 17.4 Å². The summed E-state index contributed by atoms with van der Waals surface area (Å²) in [5.41, 5.74) is 0. The first-order valence-corrected chi connectivity index (χ1v) is 8.42. The molecule has 0 aliphatic heterocycles. The van der Waals surface area contributed by atoms with Gasteiger partial charge in [0.2, 0.25) is 5.89 Å². The molecule has 2 heterocycles. The molecule has 6 heteroatoms. The van der Waals surface area contributed by atoms with Crippen LogP contribution < -0.4 is 10.2 Å². The molecule has 2 aromatic heterocycles. The molecule has 0 amide bonds. The Morgan fingerprint density at radius 3 is 2.95 bits per heavy atom. The molecule has 0 aromatic carbocycles.